The Bertz CT molecular complexity index is 2550. The van der Waals surface area contributed by atoms with E-state index in [0.717, 1.165) is 104 Å². The molecule has 20 heteroatoms. The summed E-state index contributed by atoms with van der Waals surface area (Å²) in [5.74, 6) is 0.954. The van der Waals surface area contributed by atoms with Crippen molar-refractivity contribution in [2.24, 2.45) is 11.8 Å². The highest BCUT2D eigenvalue weighted by molar-refractivity contribution is 6.76. The van der Waals surface area contributed by atoms with Gasteiger partial charge in [0, 0.05) is 80.0 Å². The highest BCUT2D eigenvalue weighted by atomic mass is 28.3. The lowest BCUT2D eigenvalue weighted by molar-refractivity contribution is -0.138. The topological polar surface area (TPSA) is 189 Å². The summed E-state index contributed by atoms with van der Waals surface area (Å²) < 4.78 is 24.9. The molecule has 0 saturated carbocycles. The largest absolute Gasteiger partial charge is 0.453 e. The smallest absolute Gasteiger partial charge is 0.407 e. The van der Waals surface area contributed by atoms with E-state index in [1.54, 1.807) is 0 Å². The maximum Gasteiger partial charge on any atom is 0.407 e. The lowest BCUT2D eigenvalue weighted by atomic mass is 10.0. The molecule has 3 saturated heterocycles. The fourth-order valence-electron chi connectivity index (χ4n) is 10.4. The van der Waals surface area contributed by atoms with Crippen LogP contribution in [0.1, 0.15) is 77.2 Å². The Kier molecular flexibility index (Phi) is 19.6. The lowest BCUT2D eigenvalue weighted by Gasteiger charge is -2.37. The second kappa shape index (κ2) is 25.6. The van der Waals surface area contributed by atoms with Crippen molar-refractivity contribution >= 4 is 51.5 Å². The molecule has 3 N–H and O–H groups in total. The number of piperazine rings is 1. The van der Waals surface area contributed by atoms with Crippen LogP contribution < -0.4 is 20.4 Å². The predicted molar refractivity (Wildman–Crippen MR) is 304 cm³/mol. The number of aromatic amines is 1. The second-order valence-electron chi connectivity index (χ2n) is 23.8. The Morgan fingerprint density at radius 3 is 1.71 bits per heavy atom. The first-order valence-corrected chi connectivity index (χ1v) is 34.9. The van der Waals surface area contributed by atoms with Crippen molar-refractivity contribution in [3.63, 3.8) is 0 Å². The molecule has 4 aromatic rings. The zero-order valence-electron chi connectivity index (χ0n) is 47.3. The van der Waals surface area contributed by atoms with Crippen molar-refractivity contribution in [2.75, 3.05) is 76.5 Å². The van der Waals surface area contributed by atoms with Crippen LogP contribution in [0, 0.1) is 11.8 Å². The van der Waals surface area contributed by atoms with Gasteiger partial charge >= 0.3 is 12.2 Å². The molecule has 0 radical (unpaired) electrons. The predicted octanol–water partition coefficient (Wildman–Crippen LogP) is 9.39. The van der Waals surface area contributed by atoms with E-state index in [1.165, 1.54) is 14.2 Å². The number of nitrogens with zero attached hydrogens (tertiary/aromatic N) is 7. The molecule has 5 heterocycles. The first-order valence-electron chi connectivity index (χ1n) is 27.5. The van der Waals surface area contributed by atoms with Crippen LogP contribution in [0.25, 0.3) is 22.5 Å². The molecule has 5 unspecified atom stereocenters. The molecule has 76 heavy (non-hydrogen) atoms. The van der Waals surface area contributed by atoms with Crippen LogP contribution in [0.3, 0.4) is 0 Å². The summed E-state index contributed by atoms with van der Waals surface area (Å²) in [6, 6.07) is 17.4. The lowest BCUT2D eigenvalue weighted by Crippen LogP contribution is -2.53. The summed E-state index contributed by atoms with van der Waals surface area (Å²) in [4.78, 5) is 74.7. The van der Waals surface area contributed by atoms with Crippen molar-refractivity contribution in [3.8, 4) is 22.5 Å². The number of imidazole rings is 2. The van der Waals surface area contributed by atoms with Crippen LogP contribution in [0.5, 0.6) is 0 Å². The maximum atomic E-state index is 14.1. The van der Waals surface area contributed by atoms with Crippen molar-refractivity contribution < 1.29 is 38.1 Å². The fraction of sp³-hybridized carbons (Fsp3) is 0.607. The molecular weight excluding hydrogens is 997 g/mol. The van der Waals surface area contributed by atoms with E-state index in [1.807, 2.05) is 49.9 Å². The molecule has 0 bridgehead atoms. The Hall–Kier alpha value is -5.71. The van der Waals surface area contributed by atoms with Crippen molar-refractivity contribution in [1.29, 1.82) is 0 Å². The monoisotopic (exact) mass is 1080 g/mol. The minimum Gasteiger partial charge on any atom is -0.453 e. The first kappa shape index (κ1) is 58.0. The van der Waals surface area contributed by atoms with Crippen molar-refractivity contribution in [2.45, 2.75) is 142 Å². The van der Waals surface area contributed by atoms with Crippen LogP contribution >= 0.6 is 0 Å². The van der Waals surface area contributed by atoms with Gasteiger partial charge in [0.25, 0.3) is 0 Å². The van der Waals surface area contributed by atoms with Gasteiger partial charge in [-0.15, -0.1) is 0 Å². The molecule has 3 aliphatic rings. The Morgan fingerprint density at radius 2 is 1.17 bits per heavy atom. The highest BCUT2D eigenvalue weighted by Crippen LogP contribution is 2.37. The number of methoxy groups -OCH3 is 2. The minimum atomic E-state index is -1.42. The average Bonchev–Trinajstić information content (AvgIpc) is 4.25. The number of rotatable bonds is 22. The molecule has 2 aromatic heterocycles. The number of hydrogen-bond donors (Lipinski definition) is 3. The molecule has 18 nitrogen and oxygen atoms in total. The van der Waals surface area contributed by atoms with Gasteiger partial charge in [0.2, 0.25) is 11.8 Å². The van der Waals surface area contributed by atoms with Gasteiger partial charge in [0.05, 0.1) is 50.1 Å². The molecule has 4 amide bonds. The van der Waals surface area contributed by atoms with Gasteiger partial charge in [-0.1, -0.05) is 91.2 Å². The Labute approximate surface area is 453 Å². The highest BCUT2D eigenvalue weighted by Gasteiger charge is 2.42. The average molecular weight is 1080 g/mol. The third kappa shape index (κ3) is 14.6. The van der Waals surface area contributed by atoms with E-state index >= 15 is 0 Å². The number of ether oxygens (including phenoxy) is 4. The number of amides is 4. The van der Waals surface area contributed by atoms with E-state index in [4.69, 9.17) is 28.9 Å². The second-order valence-corrected chi connectivity index (χ2v) is 35.0. The normalized spacial score (nSPS) is 18.6. The number of carbonyl (C=O) groups excluding carboxylic acids is 4. The van der Waals surface area contributed by atoms with Gasteiger partial charge < -0.3 is 58.7 Å². The van der Waals surface area contributed by atoms with Crippen LogP contribution in [-0.2, 0) is 35.3 Å². The van der Waals surface area contributed by atoms with Gasteiger partial charge in [-0.3, -0.25) is 9.59 Å². The Balaban J connectivity index is 1.01. The van der Waals surface area contributed by atoms with E-state index in [0.29, 0.717) is 38.9 Å². The molecule has 2 aromatic carbocycles. The van der Waals surface area contributed by atoms with Crippen molar-refractivity contribution in [1.82, 2.24) is 40.0 Å². The molecule has 3 aliphatic heterocycles. The molecule has 3 fully saturated rings. The number of carbonyl (C=O) groups is 4. The summed E-state index contributed by atoms with van der Waals surface area (Å²) in [5, 5.41) is 5.53. The van der Waals surface area contributed by atoms with Crippen LogP contribution in [0.15, 0.2) is 60.9 Å². The van der Waals surface area contributed by atoms with Crippen molar-refractivity contribution in [3.05, 3.63) is 72.6 Å². The number of likely N-dealkylation sites (tertiary alicyclic amines) is 2. The SMILES string of the molecule is COC(=O)NC(C(=O)N1CCCC1c1ncc(-c2ccc(N3CCN(c4ccc(-c5cnc(C(OCC[Si](C)(C)C)C6CCCN6C(=O)C(NC(=O)OC)C(C)C)[nH]5)cc4)CC3)cc2)n1COCC[Si](C)(C)C)C(C)C. The van der Waals surface area contributed by atoms with Crippen LogP contribution in [-0.4, -0.2) is 154 Å². The fourth-order valence-corrected chi connectivity index (χ4v) is 11.9. The maximum absolute atomic E-state index is 14.1. The third-order valence-corrected chi connectivity index (χ3v) is 18.4. The molecule has 5 atom stereocenters. The van der Waals surface area contributed by atoms with E-state index in [2.05, 4.69) is 118 Å². The molecule has 0 aliphatic carbocycles. The van der Waals surface area contributed by atoms with E-state index in [9.17, 15) is 19.2 Å². The number of alkyl carbamates (subject to hydrolysis) is 2. The summed E-state index contributed by atoms with van der Waals surface area (Å²) in [7, 11) is -0.128. The third-order valence-electron chi connectivity index (χ3n) is 15.0. The standard InChI is InChI=1S/C56H86N10O8Si2/c1-38(2)48(60-55(69)71-5)53(67)64-25-13-15-45(64)50(74-32-34-76(10,11)12)51-57-35-44(59-51)40-17-21-42(22-18-40)62-27-29-63(30-28-62)43-23-19-41(20-24-43)47-36-58-52(66(47)37-73-31-33-75(7,8)9)46-16-14-26-65(46)54(68)49(39(3)4)61-56(70)72-6/h17-24,35-36,38-39,45-46,48-50H,13-16,25-34,37H2,1-12H3,(H,57,59)(H,60,69)(H,61,70). The summed E-state index contributed by atoms with van der Waals surface area (Å²) >= 11 is 0. The molecular formula is C56H86N10O8Si2. The van der Waals surface area contributed by atoms with Gasteiger partial charge in [0.1, 0.15) is 36.6 Å². The minimum absolute atomic E-state index is 0.129. The molecule has 416 valence electrons. The number of benzene rings is 2. The zero-order chi connectivity index (χ0) is 54.9. The van der Waals surface area contributed by atoms with Gasteiger partial charge in [-0.25, -0.2) is 19.6 Å². The van der Waals surface area contributed by atoms with E-state index in [-0.39, 0.29) is 35.7 Å². The van der Waals surface area contributed by atoms with Crippen LogP contribution in [0.2, 0.25) is 51.4 Å². The number of H-pyrrole nitrogens is 1. The summed E-state index contributed by atoms with van der Waals surface area (Å²) in [5.41, 5.74) is 6.16. The van der Waals surface area contributed by atoms with Gasteiger partial charge in [-0.05, 0) is 85.0 Å². The quantitative estimate of drug-likeness (QED) is 0.0501. The van der Waals surface area contributed by atoms with Gasteiger partial charge in [-0.2, -0.15) is 0 Å². The zero-order valence-corrected chi connectivity index (χ0v) is 49.3. The number of nitrogens with one attached hydrogen (secondary N) is 3. The first-order chi connectivity index (χ1) is 36.2. The number of anilines is 2. The number of hydrogen-bond acceptors (Lipinski definition) is 12. The summed E-state index contributed by atoms with van der Waals surface area (Å²) in [6.07, 6.45) is 5.26. The molecule has 7 rings (SSSR count). The van der Waals surface area contributed by atoms with E-state index < -0.39 is 46.5 Å². The number of aromatic nitrogens is 4. The summed E-state index contributed by atoms with van der Waals surface area (Å²) in [6.45, 7) is 27.9. The Morgan fingerprint density at radius 1 is 0.658 bits per heavy atom. The van der Waals surface area contributed by atoms with Gasteiger partial charge in [0.15, 0.2) is 0 Å². The van der Waals surface area contributed by atoms with Crippen LogP contribution in [0.4, 0.5) is 21.0 Å². The molecule has 0 spiro atoms.